The van der Waals surface area contributed by atoms with Gasteiger partial charge in [0.05, 0.1) is 6.07 Å². The summed E-state index contributed by atoms with van der Waals surface area (Å²) >= 11 is 0. The number of hydrogen-bond acceptors (Lipinski definition) is 3. The van der Waals surface area contributed by atoms with E-state index < -0.39 is 0 Å². The smallest absolute Gasteiger partial charge is 0.234 e. The first-order valence-corrected chi connectivity index (χ1v) is 6.06. The van der Waals surface area contributed by atoms with Crippen LogP contribution in [0.1, 0.15) is 25.8 Å². The Morgan fingerprint density at radius 2 is 2.11 bits per heavy atom. The van der Waals surface area contributed by atoms with Gasteiger partial charge in [-0.05, 0) is 17.7 Å². The molecule has 0 heterocycles. The van der Waals surface area contributed by atoms with E-state index in [1.165, 1.54) is 0 Å². The molecule has 0 saturated heterocycles. The highest BCUT2D eigenvalue weighted by atomic mass is 16.2. The summed E-state index contributed by atoms with van der Waals surface area (Å²) in [4.78, 5) is 22.7. The normalized spacial score (nSPS) is 9.79. The summed E-state index contributed by atoms with van der Waals surface area (Å²) in [6, 6.07) is 9.03. The van der Waals surface area contributed by atoms with Gasteiger partial charge in [-0.2, -0.15) is 5.26 Å². The quantitative estimate of drug-likeness (QED) is 0.846. The third-order valence-corrected chi connectivity index (χ3v) is 2.45. The van der Waals surface area contributed by atoms with Crippen LogP contribution in [-0.2, 0) is 16.1 Å². The number of benzene rings is 1. The molecular weight excluding hydrogens is 242 g/mol. The van der Waals surface area contributed by atoms with Crippen molar-refractivity contribution in [1.82, 2.24) is 5.32 Å². The highest BCUT2D eigenvalue weighted by molar-refractivity contribution is 5.92. The fraction of sp³-hybridized carbons (Fsp3) is 0.357. The lowest BCUT2D eigenvalue weighted by Crippen LogP contribution is -2.22. The zero-order valence-corrected chi connectivity index (χ0v) is 11.1. The maximum absolute atomic E-state index is 11.6. The molecule has 0 unspecified atom stereocenters. The molecule has 0 bridgehead atoms. The average Bonchev–Trinajstić information content (AvgIpc) is 2.37. The topological polar surface area (TPSA) is 82.0 Å². The molecule has 19 heavy (non-hydrogen) atoms. The first-order valence-electron chi connectivity index (χ1n) is 6.06. The van der Waals surface area contributed by atoms with Gasteiger partial charge in [-0.1, -0.05) is 26.0 Å². The van der Waals surface area contributed by atoms with Gasteiger partial charge < -0.3 is 10.6 Å². The predicted molar refractivity (Wildman–Crippen MR) is 72.0 cm³/mol. The van der Waals surface area contributed by atoms with Gasteiger partial charge in [-0.15, -0.1) is 0 Å². The Labute approximate surface area is 112 Å². The summed E-state index contributed by atoms with van der Waals surface area (Å²) in [5.74, 6) is -0.441. The largest absolute Gasteiger partial charge is 0.351 e. The van der Waals surface area contributed by atoms with Gasteiger partial charge >= 0.3 is 0 Å². The molecule has 0 spiro atoms. The van der Waals surface area contributed by atoms with Crippen molar-refractivity contribution < 1.29 is 9.59 Å². The average molecular weight is 259 g/mol. The molecule has 1 rings (SSSR count). The maximum Gasteiger partial charge on any atom is 0.234 e. The first-order chi connectivity index (χ1) is 9.02. The van der Waals surface area contributed by atoms with Crippen LogP contribution in [0.5, 0.6) is 0 Å². The SMILES string of the molecule is CC(C)C(=O)Nc1cccc(CNC(=O)CC#N)c1. The molecule has 0 fully saturated rings. The second kappa shape index (κ2) is 7.17. The summed E-state index contributed by atoms with van der Waals surface area (Å²) in [7, 11) is 0. The molecule has 2 amide bonds. The van der Waals surface area contributed by atoms with Gasteiger partial charge in [0.15, 0.2) is 0 Å². The fourth-order valence-electron chi connectivity index (χ4n) is 1.38. The lowest BCUT2D eigenvalue weighted by Gasteiger charge is -2.09. The number of nitrogens with one attached hydrogen (secondary N) is 2. The van der Waals surface area contributed by atoms with Crippen molar-refractivity contribution in [3.8, 4) is 6.07 Å². The molecule has 0 aliphatic carbocycles. The lowest BCUT2D eigenvalue weighted by atomic mass is 10.1. The van der Waals surface area contributed by atoms with Crippen LogP contribution in [0.15, 0.2) is 24.3 Å². The predicted octanol–water partition coefficient (Wildman–Crippen LogP) is 1.81. The first kappa shape index (κ1) is 14.7. The molecule has 2 N–H and O–H groups in total. The second-order valence-corrected chi connectivity index (χ2v) is 4.46. The number of nitriles is 1. The van der Waals surface area contributed by atoms with E-state index >= 15 is 0 Å². The number of carbonyl (C=O) groups excluding carboxylic acids is 2. The van der Waals surface area contributed by atoms with Crippen LogP contribution in [0.4, 0.5) is 5.69 Å². The van der Waals surface area contributed by atoms with E-state index in [1.807, 2.05) is 26.0 Å². The summed E-state index contributed by atoms with van der Waals surface area (Å²) < 4.78 is 0. The van der Waals surface area contributed by atoms with Gasteiger partial charge in [0.25, 0.3) is 0 Å². The van der Waals surface area contributed by atoms with Gasteiger partial charge in [0.1, 0.15) is 6.42 Å². The molecule has 1 aromatic carbocycles. The molecule has 0 aliphatic heterocycles. The molecule has 0 aliphatic rings. The summed E-state index contributed by atoms with van der Waals surface area (Å²) in [6.07, 6.45) is -0.149. The second-order valence-electron chi connectivity index (χ2n) is 4.46. The lowest BCUT2D eigenvalue weighted by molar-refractivity contribution is -0.120. The van der Waals surface area contributed by atoms with Crippen LogP contribution in [0.2, 0.25) is 0 Å². The Morgan fingerprint density at radius 1 is 1.37 bits per heavy atom. The Hall–Kier alpha value is -2.35. The Bertz CT molecular complexity index is 504. The number of rotatable bonds is 5. The van der Waals surface area contributed by atoms with E-state index in [-0.39, 0.29) is 24.2 Å². The third-order valence-electron chi connectivity index (χ3n) is 2.45. The number of hydrogen-bond donors (Lipinski definition) is 2. The fourth-order valence-corrected chi connectivity index (χ4v) is 1.38. The van der Waals surface area contributed by atoms with Crippen LogP contribution in [-0.4, -0.2) is 11.8 Å². The van der Waals surface area contributed by atoms with Crippen molar-refractivity contribution in [1.29, 1.82) is 5.26 Å². The van der Waals surface area contributed by atoms with Crippen LogP contribution in [0.25, 0.3) is 0 Å². The molecule has 0 atom stereocenters. The molecule has 0 aromatic heterocycles. The zero-order valence-electron chi connectivity index (χ0n) is 11.1. The molecular formula is C14H17N3O2. The number of anilines is 1. The molecule has 1 aromatic rings. The van der Waals surface area contributed by atoms with Crippen molar-refractivity contribution in [3.05, 3.63) is 29.8 Å². The van der Waals surface area contributed by atoms with Crippen LogP contribution >= 0.6 is 0 Å². The molecule has 5 nitrogen and oxygen atoms in total. The van der Waals surface area contributed by atoms with Crippen LogP contribution in [0, 0.1) is 17.2 Å². The molecule has 100 valence electrons. The minimum Gasteiger partial charge on any atom is -0.351 e. The molecule has 5 heteroatoms. The van der Waals surface area contributed by atoms with Gasteiger partial charge in [0, 0.05) is 18.2 Å². The monoisotopic (exact) mass is 259 g/mol. The van der Waals surface area contributed by atoms with Gasteiger partial charge in [0.2, 0.25) is 11.8 Å². The van der Waals surface area contributed by atoms with Crippen molar-refractivity contribution in [3.63, 3.8) is 0 Å². The van der Waals surface area contributed by atoms with Crippen molar-refractivity contribution in [2.24, 2.45) is 5.92 Å². The van der Waals surface area contributed by atoms with E-state index in [1.54, 1.807) is 18.2 Å². The Morgan fingerprint density at radius 3 is 2.74 bits per heavy atom. The minimum atomic E-state index is -0.306. The highest BCUT2D eigenvalue weighted by Crippen LogP contribution is 2.11. The van der Waals surface area contributed by atoms with E-state index in [0.29, 0.717) is 12.2 Å². The summed E-state index contributed by atoms with van der Waals surface area (Å²) in [5.41, 5.74) is 1.57. The van der Waals surface area contributed by atoms with E-state index in [9.17, 15) is 9.59 Å². The molecule has 0 radical (unpaired) electrons. The number of nitrogens with zero attached hydrogens (tertiary/aromatic N) is 1. The number of carbonyl (C=O) groups is 2. The zero-order chi connectivity index (χ0) is 14.3. The Kier molecular flexibility index (Phi) is 5.55. The van der Waals surface area contributed by atoms with E-state index in [0.717, 1.165) is 5.56 Å². The van der Waals surface area contributed by atoms with Crippen LogP contribution in [0.3, 0.4) is 0 Å². The van der Waals surface area contributed by atoms with Gasteiger partial charge in [-0.3, -0.25) is 9.59 Å². The molecule has 0 saturated carbocycles. The van der Waals surface area contributed by atoms with Crippen molar-refractivity contribution in [2.45, 2.75) is 26.8 Å². The highest BCUT2D eigenvalue weighted by Gasteiger charge is 2.07. The van der Waals surface area contributed by atoms with Crippen molar-refractivity contribution >= 4 is 17.5 Å². The van der Waals surface area contributed by atoms with Crippen LogP contribution < -0.4 is 10.6 Å². The number of amides is 2. The maximum atomic E-state index is 11.6. The third kappa shape index (κ3) is 5.21. The van der Waals surface area contributed by atoms with E-state index in [2.05, 4.69) is 10.6 Å². The standard InChI is InChI=1S/C14H17N3O2/c1-10(2)14(19)17-12-5-3-4-11(8-12)9-16-13(18)6-7-15/h3-5,8,10H,6,9H2,1-2H3,(H,16,18)(H,17,19). The van der Waals surface area contributed by atoms with Crippen molar-refractivity contribution in [2.75, 3.05) is 5.32 Å². The van der Waals surface area contributed by atoms with Gasteiger partial charge in [-0.25, -0.2) is 0 Å². The van der Waals surface area contributed by atoms with E-state index in [4.69, 9.17) is 5.26 Å². The summed E-state index contributed by atoms with van der Waals surface area (Å²) in [6.45, 7) is 3.98. The minimum absolute atomic E-state index is 0.0503. The Balaban J connectivity index is 2.60. The summed E-state index contributed by atoms with van der Waals surface area (Å²) in [5, 5.41) is 13.8.